The Morgan fingerprint density at radius 2 is 2.00 bits per heavy atom. The third kappa shape index (κ3) is 3.64. The third-order valence-electron chi connectivity index (χ3n) is 4.64. The van der Waals surface area contributed by atoms with Gasteiger partial charge in [-0.15, -0.1) is 0 Å². The zero-order valence-corrected chi connectivity index (χ0v) is 16.5. The van der Waals surface area contributed by atoms with Crippen molar-refractivity contribution in [2.45, 2.75) is 13.8 Å². The molecule has 2 N–H and O–H groups in total. The molecular formula is C21H20ClN3O3. The number of aryl methyl sites for hydroxylation is 1. The molecule has 28 heavy (non-hydrogen) atoms. The number of amides is 1. The molecule has 3 rings (SSSR count). The summed E-state index contributed by atoms with van der Waals surface area (Å²) in [5.41, 5.74) is 2.15. The van der Waals surface area contributed by atoms with Gasteiger partial charge in [-0.1, -0.05) is 23.7 Å². The van der Waals surface area contributed by atoms with Crippen LogP contribution in [0.15, 0.2) is 42.6 Å². The van der Waals surface area contributed by atoms with Crippen LogP contribution in [0.4, 0.5) is 11.5 Å². The molecule has 7 heteroatoms. The maximum atomic E-state index is 12.7. The van der Waals surface area contributed by atoms with Crippen molar-refractivity contribution in [2.75, 3.05) is 18.9 Å². The molecule has 0 aliphatic carbocycles. The summed E-state index contributed by atoms with van der Waals surface area (Å²) in [6.07, 6.45) is 1.52. The van der Waals surface area contributed by atoms with Crippen molar-refractivity contribution in [3.63, 3.8) is 0 Å². The van der Waals surface area contributed by atoms with Gasteiger partial charge in [0.2, 0.25) is 0 Å². The number of nitrogens with one attached hydrogen (secondary N) is 1. The van der Waals surface area contributed by atoms with Gasteiger partial charge < -0.3 is 15.3 Å². The van der Waals surface area contributed by atoms with Crippen molar-refractivity contribution >= 4 is 45.8 Å². The Bertz CT molecular complexity index is 1080. The number of hydrogen-bond acceptors (Lipinski definition) is 4. The van der Waals surface area contributed by atoms with Gasteiger partial charge in [0.15, 0.2) is 0 Å². The van der Waals surface area contributed by atoms with Crippen LogP contribution in [0.2, 0.25) is 5.02 Å². The van der Waals surface area contributed by atoms with Crippen molar-refractivity contribution in [3.8, 4) is 0 Å². The van der Waals surface area contributed by atoms with E-state index in [1.54, 1.807) is 36.2 Å². The highest BCUT2D eigenvalue weighted by Gasteiger charge is 2.19. The topological polar surface area (TPSA) is 82.5 Å². The SMILES string of the molecule is CCN(C)C(=O)c1cnc(Nc2ccc(C(=O)O)cc2C)c2cccc(Cl)c12. The monoisotopic (exact) mass is 397 g/mol. The number of aromatic nitrogens is 1. The van der Waals surface area contributed by atoms with E-state index < -0.39 is 5.97 Å². The van der Waals surface area contributed by atoms with Gasteiger partial charge in [-0.05, 0) is 43.7 Å². The highest BCUT2D eigenvalue weighted by atomic mass is 35.5. The third-order valence-corrected chi connectivity index (χ3v) is 4.95. The van der Waals surface area contributed by atoms with E-state index >= 15 is 0 Å². The first-order valence-electron chi connectivity index (χ1n) is 8.77. The normalized spacial score (nSPS) is 10.7. The van der Waals surface area contributed by atoms with Gasteiger partial charge in [0, 0.05) is 41.3 Å². The van der Waals surface area contributed by atoms with E-state index in [0.29, 0.717) is 33.7 Å². The second kappa shape index (κ2) is 7.86. The van der Waals surface area contributed by atoms with Gasteiger partial charge in [-0.25, -0.2) is 9.78 Å². The number of nitrogens with zero attached hydrogens (tertiary/aromatic N) is 2. The minimum Gasteiger partial charge on any atom is -0.478 e. The second-order valence-corrected chi connectivity index (χ2v) is 6.87. The Labute approximate surface area is 167 Å². The Morgan fingerprint density at radius 3 is 2.64 bits per heavy atom. The van der Waals surface area contributed by atoms with Crippen molar-refractivity contribution in [1.82, 2.24) is 9.88 Å². The van der Waals surface area contributed by atoms with Crippen LogP contribution in [0.5, 0.6) is 0 Å². The first kappa shape index (κ1) is 19.6. The summed E-state index contributed by atoms with van der Waals surface area (Å²) in [7, 11) is 1.73. The van der Waals surface area contributed by atoms with Crippen molar-refractivity contribution in [2.24, 2.45) is 0 Å². The smallest absolute Gasteiger partial charge is 0.335 e. The zero-order valence-electron chi connectivity index (χ0n) is 15.8. The number of carbonyl (C=O) groups excluding carboxylic acids is 1. The summed E-state index contributed by atoms with van der Waals surface area (Å²) in [6.45, 7) is 4.28. The number of hydrogen-bond donors (Lipinski definition) is 2. The van der Waals surface area contributed by atoms with E-state index in [-0.39, 0.29) is 11.5 Å². The summed E-state index contributed by atoms with van der Waals surface area (Å²) in [5, 5.41) is 14.2. The first-order valence-corrected chi connectivity index (χ1v) is 9.15. The van der Waals surface area contributed by atoms with Crippen LogP contribution in [-0.4, -0.2) is 40.5 Å². The van der Waals surface area contributed by atoms with E-state index in [1.165, 1.54) is 12.3 Å². The first-order chi connectivity index (χ1) is 13.3. The number of anilines is 2. The summed E-state index contributed by atoms with van der Waals surface area (Å²) < 4.78 is 0. The van der Waals surface area contributed by atoms with Gasteiger partial charge in [0.05, 0.1) is 11.1 Å². The Kier molecular flexibility index (Phi) is 5.51. The quantitative estimate of drug-likeness (QED) is 0.650. The lowest BCUT2D eigenvalue weighted by Gasteiger charge is -2.18. The fourth-order valence-electron chi connectivity index (χ4n) is 2.93. The molecule has 3 aromatic rings. The average molecular weight is 398 g/mol. The van der Waals surface area contributed by atoms with E-state index in [1.807, 2.05) is 19.9 Å². The molecule has 1 amide bonds. The number of benzene rings is 2. The number of aromatic carboxylic acids is 1. The van der Waals surface area contributed by atoms with Crippen LogP contribution < -0.4 is 5.32 Å². The van der Waals surface area contributed by atoms with Crippen LogP contribution in [-0.2, 0) is 0 Å². The minimum absolute atomic E-state index is 0.151. The second-order valence-electron chi connectivity index (χ2n) is 6.46. The van der Waals surface area contributed by atoms with Crippen molar-refractivity contribution < 1.29 is 14.7 Å². The van der Waals surface area contributed by atoms with Crippen molar-refractivity contribution in [1.29, 1.82) is 0 Å². The maximum Gasteiger partial charge on any atom is 0.335 e. The molecule has 0 unspecified atom stereocenters. The predicted molar refractivity (Wildman–Crippen MR) is 111 cm³/mol. The number of carbonyl (C=O) groups is 2. The van der Waals surface area contributed by atoms with Crippen LogP contribution in [0.3, 0.4) is 0 Å². The molecule has 1 heterocycles. The standard InChI is InChI=1S/C21H20ClN3O3/c1-4-25(3)20(26)15-11-23-19(14-6-5-7-16(22)18(14)15)24-17-9-8-13(21(27)28)10-12(17)2/h5-11H,4H2,1-3H3,(H,23,24)(H,27,28). The van der Waals surface area contributed by atoms with Crippen LogP contribution >= 0.6 is 11.6 Å². The number of carboxylic acid groups (broad SMARTS) is 1. The molecule has 6 nitrogen and oxygen atoms in total. The molecule has 0 aliphatic rings. The number of pyridine rings is 1. The number of carboxylic acids is 1. The lowest BCUT2D eigenvalue weighted by Crippen LogP contribution is -2.26. The lowest BCUT2D eigenvalue weighted by atomic mass is 10.0. The van der Waals surface area contributed by atoms with E-state index in [2.05, 4.69) is 10.3 Å². The highest BCUT2D eigenvalue weighted by molar-refractivity contribution is 6.37. The van der Waals surface area contributed by atoms with Gasteiger partial charge >= 0.3 is 5.97 Å². The molecule has 0 fully saturated rings. The van der Waals surface area contributed by atoms with E-state index in [9.17, 15) is 9.59 Å². The molecule has 0 atom stereocenters. The molecule has 0 aliphatic heterocycles. The summed E-state index contributed by atoms with van der Waals surface area (Å²) >= 11 is 6.42. The summed E-state index contributed by atoms with van der Waals surface area (Å²) in [5.74, 6) is -0.589. The number of fused-ring (bicyclic) bond motifs is 1. The largest absolute Gasteiger partial charge is 0.478 e. The van der Waals surface area contributed by atoms with E-state index in [0.717, 1.165) is 11.3 Å². The minimum atomic E-state index is -0.979. The maximum absolute atomic E-state index is 12.7. The fourth-order valence-corrected chi connectivity index (χ4v) is 3.21. The lowest BCUT2D eigenvalue weighted by molar-refractivity contribution is 0.0696. The van der Waals surface area contributed by atoms with Gasteiger partial charge in [0.1, 0.15) is 5.82 Å². The van der Waals surface area contributed by atoms with Gasteiger partial charge in [-0.2, -0.15) is 0 Å². The van der Waals surface area contributed by atoms with Crippen LogP contribution in [0, 0.1) is 6.92 Å². The van der Waals surface area contributed by atoms with Crippen LogP contribution in [0.25, 0.3) is 10.8 Å². The summed E-state index contributed by atoms with van der Waals surface area (Å²) in [6, 6.07) is 10.2. The molecule has 0 bridgehead atoms. The Balaban J connectivity index is 2.10. The van der Waals surface area contributed by atoms with Crippen LogP contribution in [0.1, 0.15) is 33.2 Å². The highest BCUT2D eigenvalue weighted by Crippen LogP contribution is 2.33. The molecule has 0 saturated carbocycles. The Morgan fingerprint density at radius 1 is 1.25 bits per heavy atom. The Hall–Kier alpha value is -3.12. The molecule has 0 spiro atoms. The van der Waals surface area contributed by atoms with Gasteiger partial charge in [0.25, 0.3) is 5.91 Å². The molecule has 0 radical (unpaired) electrons. The molecular weight excluding hydrogens is 378 g/mol. The predicted octanol–water partition coefficient (Wildman–Crippen LogP) is 4.73. The zero-order chi connectivity index (χ0) is 20.4. The van der Waals surface area contributed by atoms with E-state index in [4.69, 9.17) is 16.7 Å². The van der Waals surface area contributed by atoms with Crippen molar-refractivity contribution in [3.05, 3.63) is 64.3 Å². The average Bonchev–Trinajstić information content (AvgIpc) is 2.68. The fraction of sp³-hybridized carbons (Fsp3) is 0.190. The summed E-state index contributed by atoms with van der Waals surface area (Å²) in [4.78, 5) is 29.9. The number of halogens is 1. The molecule has 1 aromatic heterocycles. The molecule has 144 valence electrons. The number of rotatable bonds is 5. The molecule has 0 saturated heterocycles. The van der Waals surface area contributed by atoms with Gasteiger partial charge in [-0.3, -0.25) is 4.79 Å². The molecule has 2 aromatic carbocycles.